The summed E-state index contributed by atoms with van der Waals surface area (Å²) in [6, 6.07) is 63.3. The van der Waals surface area contributed by atoms with Crippen LogP contribution in [-0.2, 0) is 30.5 Å². The highest BCUT2D eigenvalue weighted by molar-refractivity contribution is 6.26. The van der Waals surface area contributed by atoms with Gasteiger partial charge < -0.3 is 23.7 Å². The predicted octanol–water partition coefficient (Wildman–Crippen LogP) is 18.8. The third kappa shape index (κ3) is 11.6. The summed E-state index contributed by atoms with van der Waals surface area (Å²) in [5.74, 6) is 0.832. The second-order valence-corrected chi connectivity index (χ2v) is 22.0. The molecule has 0 saturated carbocycles. The van der Waals surface area contributed by atoms with E-state index >= 15 is 0 Å². The van der Waals surface area contributed by atoms with Crippen LogP contribution < -0.4 is 14.2 Å². The average Bonchev–Trinajstić information content (AvgIpc) is 3.69. The first kappa shape index (κ1) is 56.5. The molecule has 0 N–H and O–H groups in total. The molecule has 13 aromatic carbocycles. The zero-order valence-electron chi connectivity index (χ0n) is 48.5. The Morgan fingerprint density at radius 1 is 0.357 bits per heavy atom. The van der Waals surface area contributed by atoms with Crippen LogP contribution in [0.4, 0.5) is 0 Å². The van der Waals surface area contributed by atoms with E-state index in [0.717, 1.165) is 59.2 Å². The van der Waals surface area contributed by atoms with Crippen LogP contribution in [0.2, 0.25) is 0 Å². The average molecular weight is 1110 g/mol. The van der Waals surface area contributed by atoms with Crippen molar-refractivity contribution < 1.29 is 42.9 Å². The van der Waals surface area contributed by atoms with Crippen molar-refractivity contribution in [3.8, 4) is 17.2 Å². The second-order valence-electron chi connectivity index (χ2n) is 22.0. The van der Waals surface area contributed by atoms with E-state index in [9.17, 15) is 19.2 Å². The molecule has 0 amide bonds. The van der Waals surface area contributed by atoms with Crippen LogP contribution in [0.5, 0.6) is 17.2 Å². The van der Waals surface area contributed by atoms with E-state index in [1.54, 1.807) is 24.3 Å². The van der Waals surface area contributed by atoms with Gasteiger partial charge in [0.1, 0.15) is 23.9 Å². The largest absolute Gasteiger partial charge is 0.494 e. The lowest BCUT2D eigenvalue weighted by atomic mass is 9.92. The van der Waals surface area contributed by atoms with E-state index in [4.69, 9.17) is 23.7 Å². The number of unbranched alkanes of at least 4 members (excludes halogenated alkanes) is 1. The van der Waals surface area contributed by atoms with Gasteiger partial charge in [0.2, 0.25) is 0 Å². The van der Waals surface area contributed by atoms with Gasteiger partial charge in [-0.1, -0.05) is 181 Å². The highest BCUT2D eigenvalue weighted by Gasteiger charge is 2.20. The molecular formula is C75H68O9. The summed E-state index contributed by atoms with van der Waals surface area (Å²) < 4.78 is 28.1. The molecule has 422 valence electrons. The Labute approximate surface area is 489 Å². The van der Waals surface area contributed by atoms with Crippen molar-refractivity contribution in [3.63, 3.8) is 0 Å². The van der Waals surface area contributed by atoms with Crippen molar-refractivity contribution >= 4 is 121 Å². The molecule has 13 rings (SSSR count). The molecule has 13 aromatic rings. The zero-order chi connectivity index (χ0) is 58.4. The summed E-state index contributed by atoms with van der Waals surface area (Å²) in [6.07, 6.45) is 3.88. The first-order chi connectivity index (χ1) is 40.9. The minimum Gasteiger partial charge on any atom is -0.494 e. The molecule has 84 heavy (non-hydrogen) atoms. The summed E-state index contributed by atoms with van der Waals surface area (Å²) in [6.45, 7) is 12.9. The molecular weight excluding hydrogens is 1040 g/mol. The number of benzene rings is 13. The van der Waals surface area contributed by atoms with Gasteiger partial charge in [-0.3, -0.25) is 14.4 Å². The lowest BCUT2D eigenvalue weighted by Gasteiger charge is -2.15. The Morgan fingerprint density at radius 3 is 1.20 bits per heavy atom. The fourth-order valence-corrected chi connectivity index (χ4v) is 11.1. The number of carbonyl (C=O) groups is 4. The molecule has 0 bridgehead atoms. The van der Waals surface area contributed by atoms with Crippen molar-refractivity contribution in [2.75, 3.05) is 13.2 Å². The van der Waals surface area contributed by atoms with Crippen molar-refractivity contribution in [2.24, 2.45) is 17.8 Å². The second kappa shape index (κ2) is 25.0. The van der Waals surface area contributed by atoms with E-state index in [1.165, 1.54) is 75.4 Å². The van der Waals surface area contributed by atoms with E-state index in [0.29, 0.717) is 42.6 Å². The van der Waals surface area contributed by atoms with Gasteiger partial charge in [-0.05, 0) is 162 Å². The number of ether oxygens (including phenoxy) is 5. The van der Waals surface area contributed by atoms with Gasteiger partial charge in [-0.2, -0.15) is 0 Å². The van der Waals surface area contributed by atoms with Crippen LogP contribution in [0.3, 0.4) is 0 Å². The summed E-state index contributed by atoms with van der Waals surface area (Å²) >= 11 is 0. The third-order valence-corrected chi connectivity index (χ3v) is 16.6. The maximum Gasteiger partial charge on any atom is 0.343 e. The van der Waals surface area contributed by atoms with Crippen molar-refractivity contribution in [2.45, 2.75) is 80.3 Å². The molecule has 0 aliphatic carbocycles. The highest BCUT2D eigenvalue weighted by Crippen LogP contribution is 2.41. The highest BCUT2D eigenvalue weighted by atomic mass is 16.5. The van der Waals surface area contributed by atoms with Crippen LogP contribution in [0, 0.1) is 17.8 Å². The van der Waals surface area contributed by atoms with Gasteiger partial charge in [0, 0.05) is 21.5 Å². The minimum absolute atomic E-state index is 0.0511. The maximum absolute atomic E-state index is 12.9. The van der Waals surface area contributed by atoms with Crippen LogP contribution in [0.1, 0.15) is 89.6 Å². The standard InChI is InChI=1S/C32H30O5.C22H20O2.C21H18O2/c1-3-21(2)31(33)36-20-5-4-19-35-26-15-11-25(12-16-26)32(34)37-28-18-14-24-10-9-22-7-6-8-23-13-17-27(28)30(24)29(22)23;1-3-14(2)22(23)24-13-18-10-9-17-8-7-15-5-4-6-16-11-12-19(18)21(17)20(15)16;1-3-13(2)21(22)23-18-12-10-16-8-7-14-5-4-6-15-9-11-17(18)20(16)19(14)15/h6-18,21H,3-5,19-20H2,1-2H3;4-12,14H,3,13H2,1-2H3;4-13H,3H2,1-2H3. The third-order valence-electron chi connectivity index (χ3n) is 16.6. The normalized spacial score (nSPS) is 12.6. The molecule has 0 radical (unpaired) electrons. The zero-order valence-corrected chi connectivity index (χ0v) is 48.5. The molecule has 0 heterocycles. The van der Waals surface area contributed by atoms with Crippen molar-refractivity contribution in [3.05, 3.63) is 199 Å². The van der Waals surface area contributed by atoms with E-state index in [-0.39, 0.29) is 35.7 Å². The number of carbonyl (C=O) groups excluding carboxylic acids is 4. The van der Waals surface area contributed by atoms with Crippen molar-refractivity contribution in [1.29, 1.82) is 0 Å². The smallest absolute Gasteiger partial charge is 0.343 e. The van der Waals surface area contributed by atoms with E-state index in [2.05, 4.69) is 133 Å². The number of esters is 4. The van der Waals surface area contributed by atoms with Crippen LogP contribution >= 0.6 is 0 Å². The fraction of sp³-hybridized carbons (Fsp3) is 0.227. The minimum atomic E-state index is -0.412. The van der Waals surface area contributed by atoms with Crippen LogP contribution in [0.15, 0.2) is 188 Å². The Kier molecular flexibility index (Phi) is 16.8. The topological polar surface area (TPSA) is 114 Å². The number of hydrogen-bond donors (Lipinski definition) is 0. The molecule has 0 saturated heterocycles. The molecule has 9 heteroatoms. The molecule has 0 spiro atoms. The predicted molar refractivity (Wildman–Crippen MR) is 341 cm³/mol. The molecule has 0 aliphatic rings. The van der Waals surface area contributed by atoms with Crippen LogP contribution in [0.25, 0.3) is 97.0 Å². The molecule has 0 fully saturated rings. The number of rotatable bonds is 17. The van der Waals surface area contributed by atoms with Gasteiger partial charge in [0.25, 0.3) is 0 Å². The maximum atomic E-state index is 12.9. The monoisotopic (exact) mass is 1110 g/mol. The lowest BCUT2D eigenvalue weighted by molar-refractivity contribution is -0.149. The molecule has 3 atom stereocenters. The van der Waals surface area contributed by atoms with E-state index < -0.39 is 5.97 Å². The Hall–Kier alpha value is -9.34. The van der Waals surface area contributed by atoms with Gasteiger partial charge in [-0.15, -0.1) is 0 Å². The SMILES string of the molecule is CCC(C)C(=O)OCCCCOc1ccc(C(=O)Oc2ccc3ccc4cccc5ccc2c3c45)cc1.CCC(C)C(=O)OCc1ccc2ccc3cccc4ccc1c2c34.CCC(C)C(=O)Oc1ccc2ccc3cccc4ccc1c2c34. The summed E-state index contributed by atoms with van der Waals surface area (Å²) in [5, 5.41) is 21.2. The number of hydrogen-bond acceptors (Lipinski definition) is 9. The van der Waals surface area contributed by atoms with Gasteiger partial charge in [0.05, 0.1) is 36.5 Å². The Bertz CT molecular complexity index is 4440. The summed E-state index contributed by atoms with van der Waals surface area (Å²) in [5.41, 5.74) is 1.52. The van der Waals surface area contributed by atoms with Gasteiger partial charge in [0.15, 0.2) is 0 Å². The van der Waals surface area contributed by atoms with Gasteiger partial charge >= 0.3 is 23.9 Å². The fourth-order valence-electron chi connectivity index (χ4n) is 11.1. The van der Waals surface area contributed by atoms with Gasteiger partial charge in [-0.25, -0.2) is 4.79 Å². The quantitative estimate of drug-likeness (QED) is 0.0380. The summed E-state index contributed by atoms with van der Waals surface area (Å²) in [7, 11) is 0. The first-order valence-corrected chi connectivity index (χ1v) is 29.4. The first-order valence-electron chi connectivity index (χ1n) is 29.4. The molecule has 0 aromatic heterocycles. The molecule has 9 nitrogen and oxygen atoms in total. The van der Waals surface area contributed by atoms with E-state index in [1.807, 2.05) is 71.9 Å². The lowest BCUT2D eigenvalue weighted by Crippen LogP contribution is -2.17. The molecule has 0 aliphatic heterocycles. The van der Waals surface area contributed by atoms with Crippen molar-refractivity contribution in [1.82, 2.24) is 0 Å². The molecule has 3 unspecified atom stereocenters. The van der Waals surface area contributed by atoms with Crippen LogP contribution in [-0.4, -0.2) is 37.1 Å². The Balaban J connectivity index is 0.000000137. The summed E-state index contributed by atoms with van der Waals surface area (Å²) in [4.78, 5) is 48.8. The Morgan fingerprint density at radius 2 is 0.726 bits per heavy atom.